The average Bonchev–Trinajstić information content (AvgIpc) is 2.15. The highest BCUT2D eigenvalue weighted by Crippen LogP contribution is 2.14. The molecule has 0 radical (unpaired) electrons. The van der Waals surface area contributed by atoms with E-state index in [9.17, 15) is 4.79 Å². The van der Waals surface area contributed by atoms with Crippen LogP contribution >= 0.6 is 0 Å². The van der Waals surface area contributed by atoms with Gasteiger partial charge in [0, 0.05) is 12.6 Å². The van der Waals surface area contributed by atoms with E-state index in [0.717, 1.165) is 0 Å². The zero-order chi connectivity index (χ0) is 12.1. The molecule has 0 aromatic rings. The molecule has 6 nitrogen and oxygen atoms in total. The molecule has 0 bridgehead atoms. The maximum Gasteiger partial charge on any atom is 0.218 e. The third-order valence-corrected chi connectivity index (χ3v) is 2.03. The summed E-state index contributed by atoms with van der Waals surface area (Å²) in [7, 11) is 0. The summed E-state index contributed by atoms with van der Waals surface area (Å²) in [4.78, 5) is 15.0. The Labute approximate surface area is 89.8 Å². The largest absolute Gasteiger partial charge is 0.333 e. The van der Waals surface area contributed by atoms with Crippen molar-refractivity contribution in [3.8, 4) is 0 Å². The summed E-state index contributed by atoms with van der Waals surface area (Å²) >= 11 is 0. The van der Waals surface area contributed by atoms with Crippen molar-refractivity contribution in [1.82, 2.24) is 10.7 Å². The molecule has 0 aliphatic heterocycles. The molecule has 1 amide bonds. The second-order valence-electron chi connectivity index (χ2n) is 3.42. The number of aliphatic imine (C=N–C) groups is 1. The summed E-state index contributed by atoms with van der Waals surface area (Å²) in [6, 6.07) is 0. The fourth-order valence-electron chi connectivity index (χ4n) is 1.00. The first-order valence-corrected chi connectivity index (χ1v) is 4.56. The van der Waals surface area contributed by atoms with Crippen LogP contribution in [0.3, 0.4) is 0 Å². The second kappa shape index (κ2) is 5.47. The van der Waals surface area contributed by atoms with Crippen LogP contribution in [0.15, 0.2) is 17.3 Å². The number of carbonyl (C=O) groups excluding carboxylic acids is 1. The van der Waals surface area contributed by atoms with Crippen LogP contribution in [0.1, 0.15) is 20.8 Å². The Bertz CT molecular complexity index is 272. The molecule has 2 unspecified atom stereocenters. The molecule has 15 heavy (non-hydrogen) atoms. The van der Waals surface area contributed by atoms with Gasteiger partial charge < -0.3 is 16.5 Å². The maximum absolute atomic E-state index is 11.0. The van der Waals surface area contributed by atoms with Crippen LogP contribution in [0.25, 0.3) is 0 Å². The Morgan fingerprint density at radius 1 is 1.67 bits per heavy atom. The van der Waals surface area contributed by atoms with Crippen molar-refractivity contribution in [3.05, 3.63) is 12.3 Å². The van der Waals surface area contributed by atoms with Gasteiger partial charge >= 0.3 is 0 Å². The van der Waals surface area contributed by atoms with Gasteiger partial charge in [-0.15, -0.1) is 0 Å². The van der Waals surface area contributed by atoms with E-state index in [-0.39, 0.29) is 5.91 Å². The standard InChI is InChI=1S/C9H19N5O/c1-5-12-8(13-7(3)15)9(4,10)6(2)14-11/h5,8,14H,2,10-11H2,1,3-4H3,(H,13,15). The minimum Gasteiger partial charge on any atom is -0.333 e. The van der Waals surface area contributed by atoms with Crippen molar-refractivity contribution in [3.63, 3.8) is 0 Å². The lowest BCUT2D eigenvalue weighted by Crippen LogP contribution is -2.59. The van der Waals surface area contributed by atoms with Crippen molar-refractivity contribution < 1.29 is 4.79 Å². The molecule has 0 aliphatic rings. The Kier molecular flexibility index (Phi) is 4.96. The summed E-state index contributed by atoms with van der Waals surface area (Å²) < 4.78 is 0. The first-order chi connectivity index (χ1) is 6.86. The molecule has 2 atom stereocenters. The van der Waals surface area contributed by atoms with Crippen LogP contribution in [-0.2, 0) is 4.79 Å². The monoisotopic (exact) mass is 213 g/mol. The van der Waals surface area contributed by atoms with Gasteiger partial charge in [-0.3, -0.25) is 15.6 Å². The predicted molar refractivity (Wildman–Crippen MR) is 60.8 cm³/mol. The van der Waals surface area contributed by atoms with E-state index in [1.807, 2.05) is 0 Å². The Balaban J connectivity index is 4.88. The smallest absolute Gasteiger partial charge is 0.218 e. The number of hydrogen-bond donors (Lipinski definition) is 4. The van der Waals surface area contributed by atoms with Crippen LogP contribution < -0.4 is 22.3 Å². The first kappa shape index (κ1) is 13.6. The fraction of sp³-hybridized carbons (Fsp3) is 0.556. The van der Waals surface area contributed by atoms with Crippen molar-refractivity contribution in [2.45, 2.75) is 32.5 Å². The van der Waals surface area contributed by atoms with Crippen LogP contribution in [0.5, 0.6) is 0 Å². The molecular formula is C9H19N5O. The predicted octanol–water partition coefficient (Wildman–Crippen LogP) is -0.766. The molecule has 0 aliphatic carbocycles. The average molecular weight is 213 g/mol. The van der Waals surface area contributed by atoms with Crippen molar-refractivity contribution in [2.24, 2.45) is 16.6 Å². The molecule has 6 N–H and O–H groups in total. The molecular weight excluding hydrogens is 194 g/mol. The van der Waals surface area contributed by atoms with Gasteiger partial charge in [0.25, 0.3) is 0 Å². The molecule has 0 heterocycles. The highest BCUT2D eigenvalue weighted by molar-refractivity contribution is 5.73. The second-order valence-corrected chi connectivity index (χ2v) is 3.42. The lowest BCUT2D eigenvalue weighted by atomic mass is 9.96. The van der Waals surface area contributed by atoms with Crippen LogP contribution in [0.2, 0.25) is 0 Å². The van der Waals surface area contributed by atoms with E-state index in [1.165, 1.54) is 6.92 Å². The third kappa shape index (κ3) is 3.69. The first-order valence-electron chi connectivity index (χ1n) is 4.56. The molecule has 0 aromatic carbocycles. The number of hydrogen-bond acceptors (Lipinski definition) is 5. The van der Waals surface area contributed by atoms with E-state index in [0.29, 0.717) is 5.70 Å². The number of hydrazine groups is 1. The van der Waals surface area contributed by atoms with Gasteiger partial charge in [0.2, 0.25) is 5.91 Å². The lowest BCUT2D eigenvalue weighted by Gasteiger charge is -2.33. The van der Waals surface area contributed by atoms with E-state index in [4.69, 9.17) is 11.6 Å². The SMILES string of the molecule is C=C(NN)C(C)(N)C(N=CC)NC(C)=O. The van der Waals surface area contributed by atoms with Gasteiger partial charge in [0.15, 0.2) is 0 Å². The van der Waals surface area contributed by atoms with Gasteiger partial charge in [-0.25, -0.2) is 0 Å². The maximum atomic E-state index is 11.0. The summed E-state index contributed by atoms with van der Waals surface area (Å²) in [5.41, 5.74) is 7.80. The summed E-state index contributed by atoms with van der Waals surface area (Å²) in [6.07, 6.45) is 0.971. The van der Waals surface area contributed by atoms with Gasteiger partial charge in [-0.2, -0.15) is 0 Å². The highest BCUT2D eigenvalue weighted by atomic mass is 16.1. The third-order valence-electron chi connectivity index (χ3n) is 2.03. The number of rotatable bonds is 5. The van der Waals surface area contributed by atoms with Crippen molar-refractivity contribution in [1.29, 1.82) is 0 Å². The number of nitrogens with zero attached hydrogens (tertiary/aromatic N) is 1. The van der Waals surface area contributed by atoms with E-state index in [2.05, 4.69) is 22.3 Å². The minimum absolute atomic E-state index is 0.216. The Hall–Kier alpha value is -1.40. The van der Waals surface area contributed by atoms with Gasteiger partial charge in [-0.05, 0) is 20.1 Å². The van der Waals surface area contributed by atoms with E-state index in [1.54, 1.807) is 20.1 Å². The normalized spacial score (nSPS) is 16.9. The van der Waals surface area contributed by atoms with Crippen LogP contribution in [0.4, 0.5) is 0 Å². The van der Waals surface area contributed by atoms with Gasteiger partial charge in [-0.1, -0.05) is 6.58 Å². The molecule has 0 aromatic heterocycles. The summed E-state index contributed by atoms with van der Waals surface area (Å²) in [5.74, 6) is 5.01. The Morgan fingerprint density at radius 2 is 2.20 bits per heavy atom. The van der Waals surface area contributed by atoms with Gasteiger partial charge in [0.1, 0.15) is 6.17 Å². The zero-order valence-corrected chi connectivity index (χ0v) is 9.37. The van der Waals surface area contributed by atoms with Crippen LogP contribution in [-0.4, -0.2) is 23.8 Å². The molecule has 0 rings (SSSR count). The molecule has 0 saturated heterocycles. The number of amides is 1. The van der Waals surface area contributed by atoms with E-state index < -0.39 is 11.7 Å². The van der Waals surface area contributed by atoms with Crippen molar-refractivity contribution >= 4 is 12.1 Å². The summed E-state index contributed by atoms with van der Waals surface area (Å²) in [5, 5.41) is 2.62. The van der Waals surface area contributed by atoms with Crippen LogP contribution in [0, 0.1) is 0 Å². The molecule has 6 heteroatoms. The number of carbonyl (C=O) groups is 1. The number of nitrogens with two attached hydrogens (primary N) is 2. The molecule has 0 fully saturated rings. The lowest BCUT2D eigenvalue weighted by molar-refractivity contribution is -0.119. The minimum atomic E-state index is -0.951. The quantitative estimate of drug-likeness (QED) is 0.273. The Morgan fingerprint density at radius 3 is 2.53 bits per heavy atom. The van der Waals surface area contributed by atoms with Crippen molar-refractivity contribution in [2.75, 3.05) is 0 Å². The molecule has 0 spiro atoms. The fourth-order valence-corrected chi connectivity index (χ4v) is 1.00. The summed E-state index contributed by atoms with van der Waals surface area (Å²) in [6.45, 7) is 8.49. The van der Waals surface area contributed by atoms with Gasteiger partial charge in [0.05, 0.1) is 5.54 Å². The van der Waals surface area contributed by atoms with E-state index >= 15 is 0 Å². The highest BCUT2D eigenvalue weighted by Gasteiger charge is 2.33. The zero-order valence-electron chi connectivity index (χ0n) is 9.37. The molecule has 0 saturated carbocycles. The molecule has 86 valence electrons. The number of nitrogens with one attached hydrogen (secondary N) is 2. The topological polar surface area (TPSA) is 106 Å².